The van der Waals surface area contributed by atoms with Gasteiger partial charge >= 0.3 is 0 Å². The van der Waals surface area contributed by atoms with Crippen LogP contribution < -0.4 is 11.1 Å². The highest BCUT2D eigenvalue weighted by atomic mass is 35.5. The molecule has 1 saturated heterocycles. The Morgan fingerprint density at radius 2 is 1.78 bits per heavy atom. The molecule has 1 fully saturated rings. The lowest BCUT2D eigenvalue weighted by atomic mass is 10.0. The quantitative estimate of drug-likeness (QED) is 0.717. The second-order valence-electron chi connectivity index (χ2n) is 6.40. The van der Waals surface area contributed by atoms with Crippen molar-refractivity contribution in [2.75, 3.05) is 38.6 Å². The van der Waals surface area contributed by atoms with Gasteiger partial charge < -0.3 is 15.8 Å². The van der Waals surface area contributed by atoms with Crippen LogP contribution in [0.2, 0.25) is 0 Å². The van der Waals surface area contributed by atoms with Crippen LogP contribution in [-0.4, -0.2) is 49.7 Å². The molecule has 0 aromatic heterocycles. The first-order chi connectivity index (χ1) is 12.2. The first-order valence-corrected chi connectivity index (χ1v) is 8.71. The van der Waals surface area contributed by atoms with Crippen molar-refractivity contribution < 1.29 is 9.53 Å². The Labute approximate surface area is 173 Å². The fourth-order valence-corrected chi connectivity index (χ4v) is 3.10. The first-order valence-electron chi connectivity index (χ1n) is 8.71. The standard InChI is InChI=1S/C20H25N3O2.2ClH/c21-18-8-4-7-17(14-18)20(24)22-19(13-16-5-2-1-3-6-16)15-23-9-11-25-12-10-23;;/h1-8,14,19H,9-13,15,21H2,(H,22,24);2*1H. The van der Waals surface area contributed by atoms with Crippen molar-refractivity contribution in [1.82, 2.24) is 10.2 Å². The molecule has 1 heterocycles. The summed E-state index contributed by atoms with van der Waals surface area (Å²) in [7, 11) is 0. The van der Waals surface area contributed by atoms with Gasteiger partial charge in [-0.25, -0.2) is 0 Å². The molecular weight excluding hydrogens is 385 g/mol. The minimum atomic E-state index is -0.0820. The maximum atomic E-state index is 12.6. The van der Waals surface area contributed by atoms with Crippen LogP contribution in [-0.2, 0) is 11.2 Å². The van der Waals surface area contributed by atoms with E-state index >= 15 is 0 Å². The Kier molecular flexibility index (Phi) is 10.2. The van der Waals surface area contributed by atoms with Gasteiger partial charge in [0, 0.05) is 36.9 Å². The van der Waals surface area contributed by atoms with Gasteiger partial charge in [0.15, 0.2) is 0 Å². The molecule has 1 aliphatic heterocycles. The zero-order valence-corrected chi connectivity index (χ0v) is 16.8. The van der Waals surface area contributed by atoms with Gasteiger partial charge in [0.25, 0.3) is 5.91 Å². The lowest BCUT2D eigenvalue weighted by Crippen LogP contribution is -2.48. The molecule has 5 nitrogen and oxygen atoms in total. The van der Waals surface area contributed by atoms with Crippen LogP contribution >= 0.6 is 24.8 Å². The highest BCUT2D eigenvalue weighted by Gasteiger charge is 2.19. The molecule has 3 N–H and O–H groups in total. The average molecular weight is 412 g/mol. The normalized spacial score (nSPS) is 15.1. The number of amides is 1. The number of nitrogens with zero attached hydrogens (tertiary/aromatic N) is 1. The van der Waals surface area contributed by atoms with Crippen molar-refractivity contribution in [2.45, 2.75) is 12.5 Å². The number of carbonyl (C=O) groups excluding carboxylic acids is 1. The van der Waals surface area contributed by atoms with Crippen molar-refractivity contribution in [3.8, 4) is 0 Å². The Balaban J connectivity index is 0.00000182. The van der Waals surface area contributed by atoms with Crippen molar-refractivity contribution in [2.24, 2.45) is 0 Å². The number of anilines is 1. The highest BCUT2D eigenvalue weighted by Crippen LogP contribution is 2.10. The summed E-state index contributed by atoms with van der Waals surface area (Å²) in [6.45, 7) is 4.12. The Morgan fingerprint density at radius 1 is 1.07 bits per heavy atom. The molecule has 1 amide bonds. The van der Waals surface area contributed by atoms with E-state index in [1.165, 1.54) is 5.56 Å². The van der Waals surface area contributed by atoms with Crippen LogP contribution in [0.1, 0.15) is 15.9 Å². The number of nitrogens with one attached hydrogen (secondary N) is 1. The predicted octanol–water partition coefficient (Wildman–Crippen LogP) is 2.79. The molecule has 0 saturated carbocycles. The number of nitrogen functional groups attached to an aromatic ring is 1. The van der Waals surface area contributed by atoms with Gasteiger partial charge in [-0.15, -0.1) is 24.8 Å². The molecule has 1 aliphatic rings. The van der Waals surface area contributed by atoms with Gasteiger partial charge in [-0.2, -0.15) is 0 Å². The Bertz CT molecular complexity index is 695. The number of halogens is 2. The topological polar surface area (TPSA) is 67.6 Å². The molecule has 0 aliphatic carbocycles. The van der Waals surface area contributed by atoms with E-state index in [9.17, 15) is 4.79 Å². The second-order valence-corrected chi connectivity index (χ2v) is 6.40. The maximum absolute atomic E-state index is 12.6. The molecular formula is C20H27Cl2N3O2. The van der Waals surface area contributed by atoms with Crippen molar-refractivity contribution in [3.63, 3.8) is 0 Å². The second kappa shape index (κ2) is 11.8. The number of nitrogens with two attached hydrogens (primary N) is 1. The van der Waals surface area contributed by atoms with Crippen molar-refractivity contribution >= 4 is 36.4 Å². The lowest BCUT2D eigenvalue weighted by molar-refractivity contribution is 0.0333. The van der Waals surface area contributed by atoms with E-state index in [2.05, 4.69) is 22.3 Å². The van der Waals surface area contributed by atoms with Gasteiger partial charge in [-0.3, -0.25) is 9.69 Å². The van der Waals surface area contributed by atoms with Crippen LogP contribution in [0.15, 0.2) is 54.6 Å². The summed E-state index contributed by atoms with van der Waals surface area (Å²) in [6, 6.07) is 17.4. The van der Waals surface area contributed by atoms with Crippen LogP contribution in [0.4, 0.5) is 5.69 Å². The molecule has 7 heteroatoms. The molecule has 27 heavy (non-hydrogen) atoms. The Morgan fingerprint density at radius 3 is 2.44 bits per heavy atom. The highest BCUT2D eigenvalue weighted by molar-refractivity contribution is 5.95. The summed E-state index contributed by atoms with van der Waals surface area (Å²) in [5.74, 6) is -0.0820. The van der Waals surface area contributed by atoms with Gasteiger partial charge in [0.1, 0.15) is 0 Å². The fourth-order valence-electron chi connectivity index (χ4n) is 3.10. The van der Waals surface area contributed by atoms with Crippen molar-refractivity contribution in [3.05, 3.63) is 65.7 Å². The van der Waals surface area contributed by atoms with E-state index < -0.39 is 0 Å². The summed E-state index contributed by atoms with van der Waals surface area (Å²) < 4.78 is 5.42. The minimum Gasteiger partial charge on any atom is -0.399 e. The molecule has 148 valence electrons. The summed E-state index contributed by atoms with van der Waals surface area (Å²) in [6.07, 6.45) is 0.798. The van der Waals surface area contributed by atoms with E-state index in [0.717, 1.165) is 39.3 Å². The zero-order valence-electron chi connectivity index (χ0n) is 15.2. The molecule has 0 spiro atoms. The SMILES string of the molecule is Cl.Cl.Nc1cccc(C(=O)NC(Cc2ccccc2)CN2CCOCC2)c1. The summed E-state index contributed by atoms with van der Waals surface area (Å²) >= 11 is 0. The summed E-state index contributed by atoms with van der Waals surface area (Å²) in [5, 5.41) is 3.18. The largest absolute Gasteiger partial charge is 0.399 e. The monoisotopic (exact) mass is 411 g/mol. The molecule has 2 aromatic rings. The Hall–Kier alpha value is -1.79. The van der Waals surface area contributed by atoms with Crippen LogP contribution in [0.3, 0.4) is 0 Å². The fraction of sp³-hybridized carbons (Fsp3) is 0.350. The van der Waals surface area contributed by atoms with E-state index in [4.69, 9.17) is 10.5 Å². The van der Waals surface area contributed by atoms with Gasteiger partial charge in [0.05, 0.1) is 13.2 Å². The van der Waals surface area contributed by atoms with E-state index in [0.29, 0.717) is 11.3 Å². The molecule has 1 unspecified atom stereocenters. The number of morpholine rings is 1. The molecule has 0 radical (unpaired) electrons. The molecule has 0 bridgehead atoms. The number of benzene rings is 2. The first kappa shape index (κ1) is 23.2. The zero-order chi connectivity index (χ0) is 17.5. The third kappa shape index (κ3) is 7.39. The molecule has 3 rings (SSSR count). The smallest absolute Gasteiger partial charge is 0.251 e. The minimum absolute atomic E-state index is 0. The number of ether oxygens (including phenoxy) is 1. The van der Waals surface area contributed by atoms with E-state index in [-0.39, 0.29) is 36.8 Å². The van der Waals surface area contributed by atoms with Crippen LogP contribution in [0, 0.1) is 0 Å². The van der Waals surface area contributed by atoms with Crippen molar-refractivity contribution in [1.29, 1.82) is 0 Å². The van der Waals surface area contributed by atoms with Gasteiger partial charge in [-0.1, -0.05) is 36.4 Å². The average Bonchev–Trinajstić information content (AvgIpc) is 2.63. The van der Waals surface area contributed by atoms with Gasteiger partial charge in [0.2, 0.25) is 0 Å². The van der Waals surface area contributed by atoms with Crippen LogP contribution in [0.5, 0.6) is 0 Å². The third-order valence-electron chi connectivity index (χ3n) is 4.39. The van der Waals surface area contributed by atoms with Crippen LogP contribution in [0.25, 0.3) is 0 Å². The summed E-state index contributed by atoms with van der Waals surface area (Å²) in [4.78, 5) is 15.0. The lowest BCUT2D eigenvalue weighted by Gasteiger charge is -2.31. The van der Waals surface area contributed by atoms with Gasteiger partial charge in [-0.05, 0) is 30.2 Å². The van der Waals surface area contributed by atoms with E-state index in [1.807, 2.05) is 18.2 Å². The number of hydrogen-bond acceptors (Lipinski definition) is 4. The maximum Gasteiger partial charge on any atom is 0.251 e. The third-order valence-corrected chi connectivity index (χ3v) is 4.39. The number of carbonyl (C=O) groups is 1. The number of hydrogen-bond donors (Lipinski definition) is 2. The summed E-state index contributed by atoms with van der Waals surface area (Å²) in [5.41, 5.74) is 8.21. The molecule has 1 atom stereocenters. The number of rotatable bonds is 6. The predicted molar refractivity (Wildman–Crippen MR) is 114 cm³/mol. The molecule has 2 aromatic carbocycles. The van der Waals surface area contributed by atoms with E-state index in [1.54, 1.807) is 24.3 Å².